The van der Waals surface area contributed by atoms with Crippen LogP contribution in [0.3, 0.4) is 0 Å². The number of pyridine rings is 1. The number of nitrogens with zero attached hydrogens (tertiary/aromatic N) is 1. The molecule has 0 saturated carbocycles. The fraction of sp³-hybridized carbons (Fsp3) is 0.214. The molecule has 1 heterocycles. The van der Waals surface area contributed by atoms with Crippen LogP contribution in [0.4, 0.5) is 0 Å². The molecule has 1 aromatic heterocycles. The van der Waals surface area contributed by atoms with Gasteiger partial charge in [-0.05, 0) is 30.8 Å². The molecule has 2 aromatic rings. The van der Waals surface area contributed by atoms with Gasteiger partial charge in [-0.15, -0.1) is 0 Å². The summed E-state index contributed by atoms with van der Waals surface area (Å²) in [6.07, 6.45) is 3.57. The average molecular weight is 307 g/mol. The Kier molecular flexibility index (Phi) is 4.73. The molecule has 0 spiro atoms. The first-order chi connectivity index (χ1) is 8.79. The monoisotopic (exact) mass is 306 g/mol. The van der Waals surface area contributed by atoms with Crippen molar-refractivity contribution in [3.8, 4) is 11.5 Å². The summed E-state index contributed by atoms with van der Waals surface area (Å²) in [5.74, 6) is 1.65. The van der Waals surface area contributed by atoms with Crippen LogP contribution in [0.1, 0.15) is 12.5 Å². The molecule has 4 heteroatoms. The van der Waals surface area contributed by atoms with E-state index in [0.717, 1.165) is 34.6 Å². The molecule has 0 aliphatic heterocycles. The lowest BCUT2D eigenvalue weighted by Gasteiger charge is -2.11. The standard InChI is InChI=1S/C14H15BrN2O/c1-2-16-9-11-10-17-7-6-14(11)18-13-5-3-4-12(15)8-13/h3-8,10,16H,2,9H2,1H3. The SMILES string of the molecule is CCNCc1cnccc1Oc1cccc(Br)c1. The van der Waals surface area contributed by atoms with Gasteiger partial charge in [-0.1, -0.05) is 28.9 Å². The predicted octanol–water partition coefficient (Wildman–Crippen LogP) is 3.75. The van der Waals surface area contributed by atoms with Gasteiger partial charge in [0.2, 0.25) is 0 Å². The van der Waals surface area contributed by atoms with Crippen LogP contribution >= 0.6 is 15.9 Å². The van der Waals surface area contributed by atoms with E-state index in [1.807, 2.05) is 36.5 Å². The maximum atomic E-state index is 5.88. The second-order valence-electron chi connectivity index (χ2n) is 3.82. The van der Waals surface area contributed by atoms with Crippen LogP contribution in [0, 0.1) is 0 Å². The van der Waals surface area contributed by atoms with Crippen LogP contribution in [-0.2, 0) is 6.54 Å². The predicted molar refractivity (Wildman–Crippen MR) is 75.8 cm³/mol. The first-order valence-electron chi connectivity index (χ1n) is 5.86. The van der Waals surface area contributed by atoms with Crippen molar-refractivity contribution < 1.29 is 4.74 Å². The molecule has 0 radical (unpaired) electrons. The van der Waals surface area contributed by atoms with E-state index in [-0.39, 0.29) is 0 Å². The van der Waals surface area contributed by atoms with Crippen molar-refractivity contribution in [1.82, 2.24) is 10.3 Å². The number of benzene rings is 1. The molecule has 0 unspecified atom stereocenters. The second kappa shape index (κ2) is 6.52. The zero-order valence-electron chi connectivity index (χ0n) is 10.2. The Morgan fingerprint density at radius 1 is 1.33 bits per heavy atom. The van der Waals surface area contributed by atoms with E-state index in [1.54, 1.807) is 6.20 Å². The topological polar surface area (TPSA) is 34.2 Å². The van der Waals surface area contributed by atoms with Crippen molar-refractivity contribution in [2.24, 2.45) is 0 Å². The van der Waals surface area contributed by atoms with Crippen LogP contribution in [0.5, 0.6) is 11.5 Å². The van der Waals surface area contributed by atoms with Crippen LogP contribution in [0.15, 0.2) is 47.2 Å². The minimum atomic E-state index is 0.758. The fourth-order valence-corrected chi connectivity index (χ4v) is 1.94. The lowest BCUT2D eigenvalue weighted by atomic mass is 10.2. The van der Waals surface area contributed by atoms with Crippen molar-refractivity contribution in [2.75, 3.05) is 6.54 Å². The molecule has 0 aliphatic rings. The van der Waals surface area contributed by atoms with Gasteiger partial charge in [-0.3, -0.25) is 4.98 Å². The second-order valence-corrected chi connectivity index (χ2v) is 4.74. The lowest BCUT2D eigenvalue weighted by molar-refractivity contribution is 0.472. The summed E-state index contributed by atoms with van der Waals surface area (Å²) in [4.78, 5) is 4.13. The molecule has 0 amide bonds. The third kappa shape index (κ3) is 3.55. The molecule has 0 saturated heterocycles. The molecule has 18 heavy (non-hydrogen) atoms. The van der Waals surface area contributed by atoms with Gasteiger partial charge in [0.25, 0.3) is 0 Å². The number of ether oxygens (including phenoxy) is 1. The Morgan fingerprint density at radius 2 is 2.22 bits per heavy atom. The summed E-state index contributed by atoms with van der Waals surface area (Å²) in [5.41, 5.74) is 1.05. The Bertz CT molecular complexity index is 517. The Labute approximate surface area is 115 Å². The normalized spacial score (nSPS) is 10.3. The number of hydrogen-bond acceptors (Lipinski definition) is 3. The summed E-state index contributed by atoms with van der Waals surface area (Å²) in [5, 5.41) is 3.27. The zero-order valence-corrected chi connectivity index (χ0v) is 11.8. The Morgan fingerprint density at radius 3 is 3.00 bits per heavy atom. The highest BCUT2D eigenvalue weighted by Gasteiger charge is 2.04. The number of halogens is 1. The molecule has 1 aromatic carbocycles. The first-order valence-corrected chi connectivity index (χ1v) is 6.66. The van der Waals surface area contributed by atoms with E-state index in [2.05, 4.69) is 33.2 Å². The smallest absolute Gasteiger partial charge is 0.134 e. The third-order valence-electron chi connectivity index (χ3n) is 2.45. The lowest BCUT2D eigenvalue weighted by Crippen LogP contribution is -2.12. The van der Waals surface area contributed by atoms with Gasteiger partial charge >= 0.3 is 0 Å². The molecule has 94 valence electrons. The number of aromatic nitrogens is 1. The van der Waals surface area contributed by atoms with Crippen LogP contribution in [0.25, 0.3) is 0 Å². The minimum absolute atomic E-state index is 0.758. The Balaban J connectivity index is 2.17. The number of hydrogen-bond donors (Lipinski definition) is 1. The van der Waals surface area contributed by atoms with Crippen molar-refractivity contribution in [3.63, 3.8) is 0 Å². The maximum Gasteiger partial charge on any atom is 0.134 e. The minimum Gasteiger partial charge on any atom is -0.457 e. The zero-order chi connectivity index (χ0) is 12.8. The first kappa shape index (κ1) is 13.1. The molecular formula is C14H15BrN2O. The highest BCUT2D eigenvalue weighted by Crippen LogP contribution is 2.26. The quantitative estimate of drug-likeness (QED) is 0.913. The highest BCUT2D eigenvalue weighted by molar-refractivity contribution is 9.10. The van der Waals surface area contributed by atoms with Crippen LogP contribution < -0.4 is 10.1 Å². The summed E-state index contributed by atoms with van der Waals surface area (Å²) in [6, 6.07) is 9.68. The number of rotatable bonds is 5. The van der Waals surface area contributed by atoms with E-state index in [4.69, 9.17) is 4.74 Å². The van der Waals surface area contributed by atoms with Crippen molar-refractivity contribution in [1.29, 1.82) is 0 Å². The van der Waals surface area contributed by atoms with Crippen LogP contribution in [-0.4, -0.2) is 11.5 Å². The summed E-state index contributed by atoms with van der Waals surface area (Å²) < 4.78 is 6.88. The average Bonchev–Trinajstić information content (AvgIpc) is 2.38. The largest absolute Gasteiger partial charge is 0.457 e. The fourth-order valence-electron chi connectivity index (χ4n) is 1.56. The van der Waals surface area contributed by atoms with Crippen molar-refractivity contribution in [3.05, 3.63) is 52.8 Å². The molecule has 0 bridgehead atoms. The van der Waals surface area contributed by atoms with E-state index < -0.39 is 0 Å². The highest BCUT2D eigenvalue weighted by atomic mass is 79.9. The molecule has 3 nitrogen and oxygen atoms in total. The van der Waals surface area contributed by atoms with E-state index in [0.29, 0.717) is 0 Å². The molecule has 0 fully saturated rings. The summed E-state index contributed by atoms with van der Waals surface area (Å²) in [6.45, 7) is 3.75. The third-order valence-corrected chi connectivity index (χ3v) is 2.94. The van der Waals surface area contributed by atoms with Gasteiger partial charge in [0, 0.05) is 29.0 Å². The molecular weight excluding hydrogens is 292 g/mol. The van der Waals surface area contributed by atoms with Crippen molar-refractivity contribution >= 4 is 15.9 Å². The molecule has 2 rings (SSSR count). The Hall–Kier alpha value is -1.39. The van der Waals surface area contributed by atoms with Gasteiger partial charge in [0.15, 0.2) is 0 Å². The van der Waals surface area contributed by atoms with E-state index in [9.17, 15) is 0 Å². The molecule has 1 N–H and O–H groups in total. The van der Waals surface area contributed by atoms with E-state index >= 15 is 0 Å². The van der Waals surface area contributed by atoms with E-state index in [1.165, 1.54) is 0 Å². The maximum absolute atomic E-state index is 5.88. The van der Waals surface area contributed by atoms with Gasteiger partial charge in [0.1, 0.15) is 11.5 Å². The molecule has 0 aliphatic carbocycles. The number of nitrogens with one attached hydrogen (secondary N) is 1. The summed E-state index contributed by atoms with van der Waals surface area (Å²) >= 11 is 3.43. The summed E-state index contributed by atoms with van der Waals surface area (Å²) in [7, 11) is 0. The van der Waals surface area contributed by atoms with Gasteiger partial charge in [-0.25, -0.2) is 0 Å². The molecule has 0 atom stereocenters. The van der Waals surface area contributed by atoms with Crippen LogP contribution in [0.2, 0.25) is 0 Å². The van der Waals surface area contributed by atoms with Gasteiger partial charge in [0.05, 0.1) is 0 Å². The van der Waals surface area contributed by atoms with Crippen molar-refractivity contribution in [2.45, 2.75) is 13.5 Å². The van der Waals surface area contributed by atoms with Gasteiger partial charge in [-0.2, -0.15) is 0 Å². The van der Waals surface area contributed by atoms with Gasteiger partial charge < -0.3 is 10.1 Å².